The van der Waals surface area contributed by atoms with Crippen LogP contribution < -0.4 is 5.32 Å². The van der Waals surface area contributed by atoms with E-state index in [9.17, 15) is 4.79 Å². The van der Waals surface area contributed by atoms with Gasteiger partial charge in [-0.25, -0.2) is 0 Å². The average molecular weight is 387 g/mol. The van der Waals surface area contributed by atoms with E-state index in [1.54, 1.807) is 0 Å². The molecular weight excluding hydrogens is 364 g/mol. The minimum absolute atomic E-state index is 0.174. The number of likely N-dealkylation sites (N-methyl/N-ethyl adjacent to an activating group) is 1. The van der Waals surface area contributed by atoms with Crippen molar-refractivity contribution in [1.29, 1.82) is 0 Å². The summed E-state index contributed by atoms with van der Waals surface area (Å²) in [4.78, 5) is 15.0. The van der Waals surface area contributed by atoms with Gasteiger partial charge >= 0.3 is 0 Å². The van der Waals surface area contributed by atoms with Crippen molar-refractivity contribution >= 4 is 40.4 Å². The van der Waals surface area contributed by atoms with Crippen LogP contribution in [0.3, 0.4) is 0 Å². The predicted octanol–water partition coefficient (Wildman–Crippen LogP) is 5.32. The quantitative estimate of drug-likeness (QED) is 0.724. The van der Waals surface area contributed by atoms with Gasteiger partial charge in [0.2, 0.25) is 0 Å². The van der Waals surface area contributed by atoms with E-state index in [0.29, 0.717) is 23.0 Å². The summed E-state index contributed by atoms with van der Waals surface area (Å²) in [5.41, 5.74) is 2.08. The average Bonchev–Trinajstić information content (AvgIpc) is 2.62. The summed E-state index contributed by atoms with van der Waals surface area (Å²) in [6, 6.07) is 15.6. The smallest absolute Gasteiger partial charge is 0.174 e. The molecule has 0 spiro atoms. The number of hydrogen-bond donors (Lipinski definition) is 1. The maximum Gasteiger partial charge on any atom is 0.174 e. The molecule has 1 fully saturated rings. The molecule has 1 N–H and O–H groups in total. The summed E-state index contributed by atoms with van der Waals surface area (Å²) in [7, 11) is 1.89. The van der Waals surface area contributed by atoms with Gasteiger partial charge in [0.05, 0.1) is 0 Å². The van der Waals surface area contributed by atoms with Gasteiger partial charge in [-0.3, -0.25) is 4.79 Å². The Morgan fingerprint density at radius 3 is 2.65 bits per heavy atom. The number of anilines is 1. The monoisotopic (exact) mass is 386 g/mol. The van der Waals surface area contributed by atoms with Crippen LogP contribution in [-0.2, 0) is 10.3 Å². The lowest BCUT2D eigenvalue weighted by molar-refractivity contribution is -0.131. The Kier molecular flexibility index (Phi) is 5.64. The van der Waals surface area contributed by atoms with Crippen LogP contribution in [0, 0.1) is 6.92 Å². The summed E-state index contributed by atoms with van der Waals surface area (Å²) in [6.07, 6.45) is 3.13. The zero-order valence-electron chi connectivity index (χ0n) is 15.1. The molecule has 5 heteroatoms. The first kappa shape index (κ1) is 18.9. The first-order valence-corrected chi connectivity index (χ1v) is 9.63. The molecule has 0 radical (unpaired) electrons. The van der Waals surface area contributed by atoms with E-state index in [2.05, 4.69) is 5.32 Å². The number of nitrogens with one attached hydrogen (secondary N) is 1. The van der Waals surface area contributed by atoms with Crippen molar-refractivity contribution in [2.75, 3.05) is 12.4 Å². The Labute approximate surface area is 165 Å². The first-order chi connectivity index (χ1) is 12.4. The van der Waals surface area contributed by atoms with E-state index in [1.165, 1.54) is 0 Å². The van der Waals surface area contributed by atoms with Crippen LogP contribution in [-0.4, -0.2) is 22.8 Å². The molecule has 3 nitrogen and oxygen atoms in total. The summed E-state index contributed by atoms with van der Waals surface area (Å²) in [6.45, 7) is 2.04. The molecule has 1 aliphatic rings. The molecule has 1 saturated carbocycles. The Morgan fingerprint density at radius 1 is 1.19 bits per heavy atom. The highest BCUT2D eigenvalue weighted by Gasteiger charge is 2.47. The van der Waals surface area contributed by atoms with Crippen LogP contribution in [0.1, 0.15) is 36.8 Å². The van der Waals surface area contributed by atoms with Gasteiger partial charge in [0.15, 0.2) is 10.9 Å². The van der Waals surface area contributed by atoms with Gasteiger partial charge in [0.1, 0.15) is 5.54 Å². The number of carbonyl (C=O) groups excluding carboxylic acids is 1. The number of Topliss-reactive ketones (excluding diaryl/α,β-unsaturated/α-hetero) is 1. The third-order valence-corrected chi connectivity index (χ3v) is 5.83. The molecule has 1 atom stereocenters. The first-order valence-electron chi connectivity index (χ1n) is 8.85. The van der Waals surface area contributed by atoms with Gasteiger partial charge in [-0.1, -0.05) is 41.9 Å². The highest BCUT2D eigenvalue weighted by atomic mass is 35.5. The summed E-state index contributed by atoms with van der Waals surface area (Å²) in [5.74, 6) is 0.174. The molecule has 0 unspecified atom stereocenters. The summed E-state index contributed by atoms with van der Waals surface area (Å²) >= 11 is 12.2. The normalized spacial score (nSPS) is 19.9. The number of carbonyl (C=O) groups is 1. The zero-order valence-corrected chi connectivity index (χ0v) is 16.7. The van der Waals surface area contributed by atoms with Crippen LogP contribution in [0.15, 0.2) is 48.5 Å². The van der Waals surface area contributed by atoms with Gasteiger partial charge in [-0.2, -0.15) is 0 Å². The zero-order chi connectivity index (χ0) is 18.7. The second-order valence-corrected chi connectivity index (χ2v) is 7.62. The van der Waals surface area contributed by atoms with Crippen molar-refractivity contribution in [3.8, 4) is 0 Å². The minimum Gasteiger partial charge on any atom is -0.335 e. The number of benzene rings is 2. The second kappa shape index (κ2) is 7.77. The number of rotatable bonds is 3. The largest absolute Gasteiger partial charge is 0.335 e. The van der Waals surface area contributed by atoms with Crippen molar-refractivity contribution in [1.82, 2.24) is 4.90 Å². The van der Waals surface area contributed by atoms with Gasteiger partial charge in [-0.05, 0) is 62.2 Å². The fourth-order valence-corrected chi connectivity index (χ4v) is 4.30. The molecule has 136 valence electrons. The molecule has 0 aromatic heterocycles. The van der Waals surface area contributed by atoms with E-state index in [4.69, 9.17) is 23.8 Å². The maximum atomic E-state index is 13.1. The number of nitrogens with zero attached hydrogens (tertiary/aromatic N) is 1. The third kappa shape index (κ3) is 3.49. The van der Waals surface area contributed by atoms with E-state index in [-0.39, 0.29) is 5.78 Å². The molecule has 26 heavy (non-hydrogen) atoms. The second-order valence-electron chi connectivity index (χ2n) is 6.83. The molecule has 0 bridgehead atoms. The predicted molar refractivity (Wildman–Crippen MR) is 112 cm³/mol. The van der Waals surface area contributed by atoms with Gasteiger partial charge in [0.25, 0.3) is 0 Å². The minimum atomic E-state index is -0.815. The number of aryl methyl sites for hydroxylation is 1. The van der Waals surface area contributed by atoms with Gasteiger partial charge in [0, 0.05) is 29.7 Å². The fourth-order valence-electron chi connectivity index (χ4n) is 3.73. The lowest BCUT2D eigenvalue weighted by Gasteiger charge is -2.45. The van der Waals surface area contributed by atoms with Gasteiger partial charge < -0.3 is 10.2 Å². The number of hydrogen-bond acceptors (Lipinski definition) is 2. The third-order valence-electron chi connectivity index (χ3n) is 5.12. The molecule has 2 aromatic carbocycles. The van der Waals surface area contributed by atoms with E-state index in [0.717, 1.165) is 29.7 Å². The highest BCUT2D eigenvalue weighted by Crippen LogP contribution is 2.42. The van der Waals surface area contributed by atoms with Crippen molar-refractivity contribution in [2.45, 2.75) is 38.1 Å². The summed E-state index contributed by atoms with van der Waals surface area (Å²) in [5, 5.41) is 4.40. The lowest BCUT2D eigenvalue weighted by atomic mass is 9.74. The number of thiocarbonyl (C=S) groups is 1. The highest BCUT2D eigenvalue weighted by molar-refractivity contribution is 7.80. The van der Waals surface area contributed by atoms with Crippen molar-refractivity contribution < 1.29 is 4.79 Å². The molecule has 1 aliphatic carbocycles. The Hall–Kier alpha value is -1.91. The molecule has 0 saturated heterocycles. The number of ketones is 1. The van der Waals surface area contributed by atoms with E-state index in [1.807, 2.05) is 67.4 Å². The Morgan fingerprint density at radius 2 is 1.96 bits per heavy atom. The van der Waals surface area contributed by atoms with Crippen molar-refractivity contribution in [3.63, 3.8) is 0 Å². The molecule has 2 aromatic rings. The molecule has 0 aliphatic heterocycles. The number of halogens is 1. The summed E-state index contributed by atoms with van der Waals surface area (Å²) < 4.78 is 0. The standard InChI is InChI=1S/C21H23ClN2OS/c1-15-8-7-9-16(14-15)23-20(26)24(2)21(13-6-5-12-19(21)25)17-10-3-4-11-18(17)22/h3-4,7-11,14H,5-6,12-13H2,1-2H3,(H,23,26)/t21-/m0/s1. The topological polar surface area (TPSA) is 32.3 Å². The fraction of sp³-hybridized carbons (Fsp3) is 0.333. The molecule has 0 amide bonds. The van der Waals surface area contributed by atoms with E-state index < -0.39 is 5.54 Å². The van der Waals surface area contributed by atoms with Crippen LogP contribution in [0.2, 0.25) is 5.02 Å². The Bertz CT molecular complexity index is 838. The van der Waals surface area contributed by atoms with Gasteiger partial charge in [-0.15, -0.1) is 0 Å². The Balaban J connectivity index is 1.98. The van der Waals surface area contributed by atoms with Crippen molar-refractivity contribution in [3.05, 3.63) is 64.7 Å². The van der Waals surface area contributed by atoms with Crippen LogP contribution in [0.25, 0.3) is 0 Å². The molecule has 0 heterocycles. The maximum absolute atomic E-state index is 13.1. The molecule has 3 rings (SSSR count). The SMILES string of the molecule is Cc1cccc(NC(=S)N(C)[C@]2(c3ccccc3Cl)CCCCC2=O)c1. The van der Waals surface area contributed by atoms with Crippen LogP contribution in [0.4, 0.5) is 5.69 Å². The lowest BCUT2D eigenvalue weighted by Crippen LogP contribution is -2.55. The van der Waals surface area contributed by atoms with Crippen LogP contribution >= 0.6 is 23.8 Å². The van der Waals surface area contributed by atoms with Crippen LogP contribution in [0.5, 0.6) is 0 Å². The van der Waals surface area contributed by atoms with E-state index >= 15 is 0 Å². The molecular formula is C21H23ClN2OS. The van der Waals surface area contributed by atoms with Crippen molar-refractivity contribution in [2.24, 2.45) is 0 Å².